The number of methoxy groups -OCH3 is 3. The van der Waals surface area contributed by atoms with Gasteiger partial charge in [0, 0.05) is 23.3 Å². The predicted molar refractivity (Wildman–Crippen MR) is 96.8 cm³/mol. The number of Topliss-reactive ketones (excluding diaryl/α,β-unsaturated/α-hetero) is 1. The van der Waals surface area contributed by atoms with Crippen LogP contribution in [0.3, 0.4) is 0 Å². The Morgan fingerprint density at radius 1 is 0.963 bits per heavy atom. The topological polar surface area (TPSA) is 71.1 Å². The Bertz CT molecular complexity index is 860. The van der Waals surface area contributed by atoms with Crippen molar-refractivity contribution < 1.29 is 32.9 Å². The monoisotopic (exact) mass is 374 g/mol. The van der Waals surface area contributed by atoms with Gasteiger partial charge in [-0.05, 0) is 36.4 Å². The summed E-state index contributed by atoms with van der Waals surface area (Å²) >= 11 is 0. The van der Waals surface area contributed by atoms with E-state index in [4.69, 9.17) is 18.9 Å². The molecule has 0 radical (unpaired) electrons. The van der Waals surface area contributed by atoms with Gasteiger partial charge in [0.05, 0.1) is 21.3 Å². The van der Waals surface area contributed by atoms with Crippen LogP contribution in [0.4, 0.5) is 4.39 Å². The van der Waals surface area contributed by atoms with E-state index in [1.807, 2.05) is 0 Å². The predicted octanol–water partition coefficient (Wildman–Crippen LogP) is 3.29. The summed E-state index contributed by atoms with van der Waals surface area (Å²) in [7, 11) is 4.36. The molecule has 0 aromatic heterocycles. The average molecular weight is 374 g/mol. The highest BCUT2D eigenvalue weighted by molar-refractivity contribution is 5.99. The number of carbonyl (C=O) groups is 2. The molecule has 0 atom stereocenters. The van der Waals surface area contributed by atoms with Gasteiger partial charge in [-0.15, -0.1) is 0 Å². The third-order valence-corrected chi connectivity index (χ3v) is 3.66. The van der Waals surface area contributed by atoms with E-state index < -0.39 is 24.2 Å². The largest absolute Gasteiger partial charge is 0.497 e. The lowest BCUT2D eigenvalue weighted by Crippen LogP contribution is -2.12. The fraction of sp³-hybridized carbons (Fsp3) is 0.200. The minimum atomic E-state index is -0.713. The van der Waals surface area contributed by atoms with Gasteiger partial charge in [0.15, 0.2) is 24.0 Å². The summed E-state index contributed by atoms with van der Waals surface area (Å²) in [5, 5.41) is 0. The van der Waals surface area contributed by atoms with E-state index in [0.29, 0.717) is 17.1 Å². The zero-order chi connectivity index (χ0) is 19.8. The molecule has 0 unspecified atom stereocenters. The Morgan fingerprint density at radius 2 is 1.70 bits per heavy atom. The van der Waals surface area contributed by atoms with Gasteiger partial charge in [0.25, 0.3) is 0 Å². The van der Waals surface area contributed by atoms with Crippen LogP contribution < -0.4 is 14.2 Å². The van der Waals surface area contributed by atoms with Crippen molar-refractivity contribution in [3.8, 4) is 17.2 Å². The highest BCUT2D eigenvalue weighted by atomic mass is 19.1. The van der Waals surface area contributed by atoms with Crippen molar-refractivity contribution in [2.45, 2.75) is 0 Å². The number of carbonyl (C=O) groups excluding carboxylic acids is 2. The number of ether oxygens (including phenoxy) is 4. The number of hydrogen-bond donors (Lipinski definition) is 0. The first-order valence-electron chi connectivity index (χ1n) is 7.92. The van der Waals surface area contributed by atoms with Crippen molar-refractivity contribution in [3.05, 3.63) is 59.4 Å². The van der Waals surface area contributed by atoms with Gasteiger partial charge < -0.3 is 18.9 Å². The van der Waals surface area contributed by atoms with E-state index in [2.05, 4.69) is 0 Å². The standard InChI is InChI=1S/C20H19FO6/c1-24-15-7-4-13(19(11-15)26-3)6-9-20(23)27-12-17(22)14-5-8-18(25-2)16(21)10-14/h4-11H,12H2,1-3H3/b9-6+. The van der Waals surface area contributed by atoms with E-state index in [-0.39, 0.29) is 11.3 Å². The van der Waals surface area contributed by atoms with Gasteiger partial charge in [-0.2, -0.15) is 0 Å². The molecule has 0 amide bonds. The van der Waals surface area contributed by atoms with Crippen molar-refractivity contribution >= 4 is 17.8 Å². The van der Waals surface area contributed by atoms with Gasteiger partial charge >= 0.3 is 5.97 Å². The molecule has 0 spiro atoms. The van der Waals surface area contributed by atoms with E-state index in [0.717, 1.165) is 6.07 Å². The summed E-state index contributed by atoms with van der Waals surface area (Å²) in [6.07, 6.45) is 2.67. The Labute approximate surface area is 156 Å². The number of rotatable bonds is 8. The molecule has 0 aliphatic rings. The lowest BCUT2D eigenvalue weighted by atomic mass is 10.1. The van der Waals surface area contributed by atoms with Crippen LogP contribution in [0.5, 0.6) is 17.2 Å². The van der Waals surface area contributed by atoms with E-state index in [1.165, 1.54) is 45.6 Å². The van der Waals surface area contributed by atoms with Crippen LogP contribution in [0.2, 0.25) is 0 Å². The molecule has 6 nitrogen and oxygen atoms in total. The zero-order valence-electron chi connectivity index (χ0n) is 15.2. The molecular formula is C20H19FO6. The molecule has 2 aromatic rings. The summed E-state index contributed by atoms with van der Waals surface area (Å²) in [6, 6.07) is 8.87. The van der Waals surface area contributed by atoms with Crippen molar-refractivity contribution in [2.24, 2.45) is 0 Å². The molecule has 142 valence electrons. The maximum absolute atomic E-state index is 13.6. The number of halogens is 1. The third-order valence-electron chi connectivity index (χ3n) is 3.66. The van der Waals surface area contributed by atoms with Gasteiger partial charge in [-0.25, -0.2) is 9.18 Å². The van der Waals surface area contributed by atoms with Crippen molar-refractivity contribution in [1.82, 2.24) is 0 Å². The molecule has 0 bridgehead atoms. The third kappa shape index (κ3) is 5.31. The summed E-state index contributed by atoms with van der Waals surface area (Å²) < 4.78 is 33.6. The Hall–Kier alpha value is -3.35. The zero-order valence-corrected chi connectivity index (χ0v) is 15.2. The number of hydrogen-bond acceptors (Lipinski definition) is 6. The molecule has 0 saturated heterocycles. The fourth-order valence-electron chi connectivity index (χ4n) is 2.22. The first-order chi connectivity index (χ1) is 13.0. The van der Waals surface area contributed by atoms with Crippen LogP contribution in [-0.4, -0.2) is 39.7 Å². The lowest BCUT2D eigenvalue weighted by Gasteiger charge is -2.07. The first kappa shape index (κ1) is 20.0. The van der Waals surface area contributed by atoms with Crippen LogP contribution in [-0.2, 0) is 9.53 Å². The second-order valence-corrected chi connectivity index (χ2v) is 5.32. The molecule has 7 heteroatoms. The first-order valence-corrected chi connectivity index (χ1v) is 7.92. The van der Waals surface area contributed by atoms with Crippen molar-refractivity contribution in [1.29, 1.82) is 0 Å². The summed E-state index contributed by atoms with van der Waals surface area (Å²) in [5.74, 6) is -0.747. The molecule has 0 saturated carbocycles. The molecular weight excluding hydrogens is 355 g/mol. The second-order valence-electron chi connectivity index (χ2n) is 5.32. The maximum Gasteiger partial charge on any atom is 0.331 e. The molecule has 2 rings (SSSR count). The second kappa shape index (κ2) is 9.38. The van der Waals surface area contributed by atoms with Gasteiger partial charge in [-0.3, -0.25) is 4.79 Å². The van der Waals surface area contributed by atoms with Crippen LogP contribution in [0, 0.1) is 5.82 Å². The Balaban J connectivity index is 1.97. The molecule has 0 aliphatic carbocycles. The van der Waals surface area contributed by atoms with Gasteiger partial charge in [0.1, 0.15) is 11.5 Å². The maximum atomic E-state index is 13.6. The molecule has 2 aromatic carbocycles. The van der Waals surface area contributed by atoms with Crippen LogP contribution in [0.25, 0.3) is 6.08 Å². The SMILES string of the molecule is COc1ccc(/C=C/C(=O)OCC(=O)c2ccc(OC)c(F)c2)c(OC)c1. The summed E-state index contributed by atoms with van der Waals surface area (Å²) in [4.78, 5) is 23.8. The smallest absolute Gasteiger partial charge is 0.331 e. The van der Waals surface area contributed by atoms with Crippen LogP contribution >= 0.6 is 0 Å². The lowest BCUT2D eigenvalue weighted by molar-refractivity contribution is -0.136. The minimum Gasteiger partial charge on any atom is -0.497 e. The van der Waals surface area contributed by atoms with E-state index >= 15 is 0 Å². The van der Waals surface area contributed by atoms with Crippen molar-refractivity contribution in [3.63, 3.8) is 0 Å². The Morgan fingerprint density at radius 3 is 2.33 bits per heavy atom. The number of ketones is 1. The number of esters is 1. The summed E-state index contributed by atoms with van der Waals surface area (Å²) in [5.41, 5.74) is 0.723. The van der Waals surface area contributed by atoms with Crippen LogP contribution in [0.15, 0.2) is 42.5 Å². The van der Waals surface area contributed by atoms with Gasteiger partial charge in [-0.1, -0.05) is 0 Å². The van der Waals surface area contributed by atoms with E-state index in [1.54, 1.807) is 18.2 Å². The fourth-order valence-corrected chi connectivity index (χ4v) is 2.22. The molecule has 27 heavy (non-hydrogen) atoms. The van der Waals surface area contributed by atoms with Crippen molar-refractivity contribution in [2.75, 3.05) is 27.9 Å². The molecule has 0 aliphatic heterocycles. The van der Waals surface area contributed by atoms with Gasteiger partial charge in [0.2, 0.25) is 0 Å². The normalized spacial score (nSPS) is 10.5. The van der Waals surface area contributed by atoms with E-state index in [9.17, 15) is 14.0 Å². The Kier molecular flexibility index (Phi) is 6.93. The molecule has 0 N–H and O–H groups in total. The molecule has 0 heterocycles. The highest BCUT2D eigenvalue weighted by Crippen LogP contribution is 2.25. The average Bonchev–Trinajstić information content (AvgIpc) is 2.70. The highest BCUT2D eigenvalue weighted by Gasteiger charge is 2.12. The van der Waals surface area contributed by atoms with Crippen LogP contribution in [0.1, 0.15) is 15.9 Å². The molecule has 0 fully saturated rings. The minimum absolute atomic E-state index is 0.0277. The summed E-state index contributed by atoms with van der Waals surface area (Å²) in [6.45, 7) is -0.505. The number of benzene rings is 2. The quantitative estimate of drug-likeness (QED) is 0.401.